The Morgan fingerprint density at radius 1 is 1.71 bits per heavy atom. The average Bonchev–Trinajstić information content (AvgIpc) is 2.20. The lowest BCUT2D eigenvalue weighted by Gasteiger charge is -1.89. The molecule has 1 heterocycles. The molecule has 1 rings (SSSR count). The van der Waals surface area contributed by atoms with Crippen molar-refractivity contribution in [2.45, 2.75) is 6.92 Å². The number of ether oxygens (including phenoxy) is 1. The van der Waals surface area contributed by atoms with Gasteiger partial charge in [-0.25, -0.2) is 4.79 Å². The standard InChI is InChI=1S/C7H7N.C3H7NO2/c1-2-7-5-3-4-6-8-7;1-2-6-3(4)5/h2-6H,1H2;2H2,1H3,(H2,4,5). The molecule has 14 heavy (non-hydrogen) atoms. The number of amides is 1. The van der Waals surface area contributed by atoms with Crippen molar-refractivity contribution in [1.29, 1.82) is 0 Å². The summed E-state index contributed by atoms with van der Waals surface area (Å²) in [4.78, 5) is 13.6. The monoisotopic (exact) mass is 194 g/mol. The number of carbonyl (C=O) groups is 1. The van der Waals surface area contributed by atoms with Gasteiger partial charge in [-0.3, -0.25) is 4.98 Å². The van der Waals surface area contributed by atoms with Crippen LogP contribution in [0.2, 0.25) is 0 Å². The van der Waals surface area contributed by atoms with E-state index in [1.54, 1.807) is 19.2 Å². The Kier molecular flexibility index (Phi) is 6.77. The largest absolute Gasteiger partial charge is 0.450 e. The molecule has 0 unspecified atom stereocenters. The van der Waals surface area contributed by atoms with Crippen LogP contribution in [0.5, 0.6) is 0 Å². The van der Waals surface area contributed by atoms with Gasteiger partial charge in [-0.05, 0) is 25.1 Å². The van der Waals surface area contributed by atoms with Gasteiger partial charge in [0.05, 0.1) is 12.3 Å². The van der Waals surface area contributed by atoms with Crippen LogP contribution < -0.4 is 5.73 Å². The highest BCUT2D eigenvalue weighted by molar-refractivity contribution is 5.64. The van der Waals surface area contributed by atoms with E-state index in [2.05, 4.69) is 22.0 Å². The van der Waals surface area contributed by atoms with Gasteiger partial charge in [-0.2, -0.15) is 0 Å². The number of rotatable bonds is 2. The van der Waals surface area contributed by atoms with Crippen molar-refractivity contribution in [2.24, 2.45) is 5.73 Å². The van der Waals surface area contributed by atoms with E-state index >= 15 is 0 Å². The minimum atomic E-state index is -0.711. The first-order chi connectivity index (χ1) is 6.70. The Hall–Kier alpha value is -1.84. The van der Waals surface area contributed by atoms with Gasteiger partial charge in [0.2, 0.25) is 0 Å². The van der Waals surface area contributed by atoms with Gasteiger partial charge < -0.3 is 10.5 Å². The highest BCUT2D eigenvalue weighted by Crippen LogP contribution is 1.91. The van der Waals surface area contributed by atoms with Gasteiger partial charge in [0, 0.05) is 6.20 Å². The summed E-state index contributed by atoms with van der Waals surface area (Å²) in [5.74, 6) is 0. The molecule has 0 atom stereocenters. The van der Waals surface area contributed by atoms with Crippen LogP contribution in [0.3, 0.4) is 0 Å². The van der Waals surface area contributed by atoms with E-state index in [0.717, 1.165) is 5.69 Å². The zero-order valence-electron chi connectivity index (χ0n) is 8.14. The van der Waals surface area contributed by atoms with Gasteiger partial charge in [0.25, 0.3) is 0 Å². The highest BCUT2D eigenvalue weighted by Gasteiger charge is 1.82. The number of hydrogen-bond donors (Lipinski definition) is 1. The molecule has 0 aromatic carbocycles. The predicted molar refractivity (Wildman–Crippen MR) is 55.5 cm³/mol. The second-order valence-corrected chi connectivity index (χ2v) is 2.21. The number of pyridine rings is 1. The summed E-state index contributed by atoms with van der Waals surface area (Å²) in [7, 11) is 0. The molecule has 2 N–H and O–H groups in total. The predicted octanol–water partition coefficient (Wildman–Crippen LogP) is 1.83. The minimum absolute atomic E-state index is 0.356. The van der Waals surface area contributed by atoms with Gasteiger partial charge in [-0.1, -0.05) is 12.6 Å². The zero-order valence-corrected chi connectivity index (χ0v) is 8.14. The molecule has 1 aromatic rings. The second-order valence-electron chi connectivity index (χ2n) is 2.21. The van der Waals surface area contributed by atoms with Crippen molar-refractivity contribution in [3.63, 3.8) is 0 Å². The van der Waals surface area contributed by atoms with E-state index < -0.39 is 6.09 Å². The topological polar surface area (TPSA) is 65.2 Å². The maximum Gasteiger partial charge on any atom is 0.404 e. The fourth-order valence-corrected chi connectivity index (χ4v) is 0.639. The summed E-state index contributed by atoms with van der Waals surface area (Å²) in [6.07, 6.45) is 2.76. The number of primary amides is 1. The van der Waals surface area contributed by atoms with Gasteiger partial charge >= 0.3 is 6.09 Å². The molecule has 0 saturated heterocycles. The maximum atomic E-state index is 9.60. The summed E-state index contributed by atoms with van der Waals surface area (Å²) in [5, 5.41) is 0. The average molecular weight is 194 g/mol. The van der Waals surface area contributed by atoms with Crippen LogP contribution in [0.1, 0.15) is 12.6 Å². The Balaban J connectivity index is 0.000000255. The molecule has 0 bridgehead atoms. The molecule has 0 saturated carbocycles. The molecular formula is C10H14N2O2. The van der Waals surface area contributed by atoms with Crippen molar-refractivity contribution < 1.29 is 9.53 Å². The Labute approximate surface area is 83.4 Å². The van der Waals surface area contributed by atoms with Crippen molar-refractivity contribution in [1.82, 2.24) is 4.98 Å². The number of nitrogens with zero attached hydrogens (tertiary/aromatic N) is 1. The smallest absolute Gasteiger partial charge is 0.404 e. The minimum Gasteiger partial charge on any atom is -0.450 e. The van der Waals surface area contributed by atoms with Gasteiger partial charge in [-0.15, -0.1) is 0 Å². The number of hydrogen-bond acceptors (Lipinski definition) is 3. The van der Waals surface area contributed by atoms with Crippen LogP contribution in [-0.2, 0) is 4.74 Å². The van der Waals surface area contributed by atoms with Gasteiger partial charge in [0.1, 0.15) is 0 Å². The maximum absolute atomic E-state index is 9.60. The third-order valence-electron chi connectivity index (χ3n) is 1.18. The Morgan fingerprint density at radius 3 is 2.64 bits per heavy atom. The van der Waals surface area contributed by atoms with E-state index in [1.165, 1.54) is 0 Å². The van der Waals surface area contributed by atoms with E-state index in [-0.39, 0.29) is 0 Å². The summed E-state index contributed by atoms with van der Waals surface area (Å²) < 4.78 is 4.18. The molecule has 1 amide bonds. The van der Waals surface area contributed by atoms with Crippen LogP contribution in [-0.4, -0.2) is 17.7 Å². The molecule has 1 aromatic heterocycles. The van der Waals surface area contributed by atoms with Crippen molar-refractivity contribution in [2.75, 3.05) is 6.61 Å². The molecule has 4 nitrogen and oxygen atoms in total. The molecule has 0 aliphatic rings. The van der Waals surface area contributed by atoms with E-state index in [1.807, 2.05) is 18.2 Å². The molecule has 0 aliphatic carbocycles. The number of aromatic nitrogens is 1. The number of nitrogens with two attached hydrogens (primary N) is 1. The lowest BCUT2D eigenvalue weighted by atomic mass is 10.4. The lowest BCUT2D eigenvalue weighted by molar-refractivity contribution is 0.163. The lowest BCUT2D eigenvalue weighted by Crippen LogP contribution is -2.11. The van der Waals surface area contributed by atoms with E-state index in [9.17, 15) is 4.79 Å². The van der Waals surface area contributed by atoms with E-state index in [4.69, 9.17) is 0 Å². The fraction of sp³-hybridized carbons (Fsp3) is 0.200. The summed E-state index contributed by atoms with van der Waals surface area (Å²) in [5.41, 5.74) is 5.47. The number of carbonyl (C=O) groups excluding carboxylic acids is 1. The van der Waals surface area contributed by atoms with Crippen molar-refractivity contribution >= 4 is 12.2 Å². The third kappa shape index (κ3) is 6.84. The fourth-order valence-electron chi connectivity index (χ4n) is 0.639. The molecule has 0 spiro atoms. The van der Waals surface area contributed by atoms with Crippen LogP contribution in [0.25, 0.3) is 6.08 Å². The molecule has 4 heteroatoms. The molecular weight excluding hydrogens is 180 g/mol. The zero-order chi connectivity index (χ0) is 10.8. The Bertz CT molecular complexity index is 273. The first-order valence-corrected chi connectivity index (χ1v) is 4.16. The van der Waals surface area contributed by atoms with Crippen LogP contribution in [0.15, 0.2) is 31.0 Å². The van der Waals surface area contributed by atoms with Crippen molar-refractivity contribution in [3.05, 3.63) is 36.7 Å². The van der Waals surface area contributed by atoms with Gasteiger partial charge in [0.15, 0.2) is 0 Å². The van der Waals surface area contributed by atoms with Crippen LogP contribution >= 0.6 is 0 Å². The summed E-state index contributed by atoms with van der Waals surface area (Å²) in [6, 6.07) is 5.73. The summed E-state index contributed by atoms with van der Waals surface area (Å²) in [6.45, 7) is 5.62. The molecule has 0 radical (unpaired) electrons. The molecule has 0 fully saturated rings. The summed E-state index contributed by atoms with van der Waals surface area (Å²) >= 11 is 0. The molecule has 0 aliphatic heterocycles. The van der Waals surface area contributed by atoms with Crippen LogP contribution in [0.4, 0.5) is 4.79 Å². The Morgan fingerprint density at radius 2 is 2.43 bits per heavy atom. The first-order valence-electron chi connectivity index (χ1n) is 4.16. The highest BCUT2D eigenvalue weighted by atomic mass is 16.5. The van der Waals surface area contributed by atoms with Crippen LogP contribution in [0, 0.1) is 0 Å². The third-order valence-corrected chi connectivity index (χ3v) is 1.18. The SMILES string of the molecule is C=Cc1ccccn1.CCOC(N)=O. The van der Waals surface area contributed by atoms with Crippen molar-refractivity contribution in [3.8, 4) is 0 Å². The second kappa shape index (κ2) is 7.79. The normalized spacial score (nSPS) is 8.07. The van der Waals surface area contributed by atoms with E-state index in [0.29, 0.717) is 6.61 Å². The quantitative estimate of drug-likeness (QED) is 0.781. The molecule has 76 valence electrons. The first kappa shape index (κ1) is 12.2.